The fourth-order valence-electron chi connectivity index (χ4n) is 4.14. The van der Waals surface area contributed by atoms with Crippen LogP contribution in [0.15, 0.2) is 79.1 Å². The van der Waals surface area contributed by atoms with Crippen LogP contribution in [0.5, 0.6) is 0 Å². The van der Waals surface area contributed by atoms with Crippen molar-refractivity contribution in [3.8, 4) is 11.1 Å². The number of imidazole rings is 1. The summed E-state index contributed by atoms with van der Waals surface area (Å²) in [6, 6.07) is 9.15. The zero-order chi connectivity index (χ0) is 24.0. The van der Waals surface area contributed by atoms with Crippen LogP contribution in [0.4, 0.5) is 4.39 Å². The second kappa shape index (κ2) is 11.0. The number of allylic oxidation sites excluding steroid dienone is 2. The molecule has 4 nitrogen and oxygen atoms in total. The summed E-state index contributed by atoms with van der Waals surface area (Å²) in [5.74, 6) is -0.221. The molecule has 0 unspecified atom stereocenters. The molecule has 0 radical (unpaired) electrons. The predicted molar refractivity (Wildman–Crippen MR) is 136 cm³/mol. The second-order valence-corrected chi connectivity index (χ2v) is 8.39. The van der Waals surface area contributed by atoms with Crippen LogP contribution in [0, 0.1) is 5.82 Å². The number of likely N-dealkylation sites (N-methyl/N-ethyl adjacent to an activating group) is 1. The average Bonchev–Trinajstić information content (AvgIpc) is 3.23. The Morgan fingerprint density at radius 1 is 1.24 bits per heavy atom. The normalized spacial score (nSPS) is 11.9. The van der Waals surface area contributed by atoms with Crippen LogP contribution < -0.4 is 5.32 Å². The van der Waals surface area contributed by atoms with Gasteiger partial charge in [-0.25, -0.2) is 9.37 Å². The van der Waals surface area contributed by atoms with Gasteiger partial charge in [0, 0.05) is 43.6 Å². The summed E-state index contributed by atoms with van der Waals surface area (Å²) in [4.78, 5) is 6.44. The molecule has 0 atom stereocenters. The smallest absolute Gasteiger partial charge is 0.136 e. The molecule has 0 fully saturated rings. The Hall–Kier alpha value is -3.34. The van der Waals surface area contributed by atoms with E-state index in [0.717, 1.165) is 65.8 Å². The van der Waals surface area contributed by atoms with Gasteiger partial charge in [-0.15, -0.1) is 0 Å². The van der Waals surface area contributed by atoms with Gasteiger partial charge in [0.25, 0.3) is 0 Å². The molecule has 0 bridgehead atoms. The number of fused-ring (bicyclic) bond motifs is 1. The summed E-state index contributed by atoms with van der Waals surface area (Å²) in [5, 5.41) is 3.25. The van der Waals surface area contributed by atoms with Crippen molar-refractivity contribution < 1.29 is 4.39 Å². The first-order chi connectivity index (χ1) is 15.9. The van der Waals surface area contributed by atoms with E-state index in [2.05, 4.69) is 47.9 Å². The van der Waals surface area contributed by atoms with Crippen molar-refractivity contribution in [1.29, 1.82) is 0 Å². The SMILES string of the molecule is C=CN(C)C(=C)/C(CCCc1ccc(F)cc1-c1ccc2ncc(CCC)n2c1)=C(/C)NC. The van der Waals surface area contributed by atoms with Crippen molar-refractivity contribution in [3.63, 3.8) is 0 Å². The largest absolute Gasteiger partial charge is 0.391 e. The van der Waals surface area contributed by atoms with Crippen molar-refractivity contribution >= 4 is 5.65 Å². The maximum Gasteiger partial charge on any atom is 0.136 e. The maximum atomic E-state index is 14.3. The molecular weight excluding hydrogens is 411 g/mol. The number of nitrogens with one attached hydrogen (secondary N) is 1. The zero-order valence-corrected chi connectivity index (χ0v) is 20.3. The van der Waals surface area contributed by atoms with Gasteiger partial charge in [0.1, 0.15) is 11.5 Å². The van der Waals surface area contributed by atoms with E-state index < -0.39 is 0 Å². The monoisotopic (exact) mass is 446 g/mol. The van der Waals surface area contributed by atoms with Crippen LogP contribution >= 0.6 is 0 Å². The Labute approximate surface area is 197 Å². The molecule has 1 aromatic carbocycles. The van der Waals surface area contributed by atoms with Gasteiger partial charge in [0.2, 0.25) is 0 Å². The van der Waals surface area contributed by atoms with E-state index in [1.807, 2.05) is 43.4 Å². The highest BCUT2D eigenvalue weighted by Gasteiger charge is 2.13. The highest BCUT2D eigenvalue weighted by Crippen LogP contribution is 2.29. The number of rotatable bonds is 11. The Bertz CT molecular complexity index is 1170. The van der Waals surface area contributed by atoms with Crippen LogP contribution in [0.1, 0.15) is 44.4 Å². The van der Waals surface area contributed by atoms with E-state index in [0.29, 0.717) is 0 Å². The molecule has 0 spiro atoms. The molecule has 0 aliphatic heterocycles. The van der Waals surface area contributed by atoms with Gasteiger partial charge in [0.15, 0.2) is 0 Å². The standard InChI is InChI=1S/C28H35FN4/c1-7-10-25-18-31-28-16-14-23(19-33(25)28)27-17-24(29)15-13-22(27)11-9-12-26(20(3)30-5)21(4)32(6)8-2/h8,13-19,30H,2,4,7,9-12H2,1,3,5-6H3/b26-20-. The van der Waals surface area contributed by atoms with Crippen molar-refractivity contribution in [2.45, 2.75) is 46.0 Å². The fourth-order valence-corrected chi connectivity index (χ4v) is 4.14. The molecule has 0 aliphatic rings. The van der Waals surface area contributed by atoms with Crippen LogP contribution in [0.25, 0.3) is 16.8 Å². The van der Waals surface area contributed by atoms with E-state index in [-0.39, 0.29) is 5.82 Å². The van der Waals surface area contributed by atoms with Crippen molar-refractivity contribution in [3.05, 3.63) is 96.1 Å². The molecule has 1 N–H and O–H groups in total. The average molecular weight is 447 g/mol. The topological polar surface area (TPSA) is 32.6 Å². The first kappa shape index (κ1) is 24.3. The highest BCUT2D eigenvalue weighted by atomic mass is 19.1. The van der Waals surface area contributed by atoms with Gasteiger partial charge < -0.3 is 14.6 Å². The van der Waals surface area contributed by atoms with Crippen LogP contribution in [0.2, 0.25) is 0 Å². The summed E-state index contributed by atoms with van der Waals surface area (Å²) in [5.41, 5.74) is 8.38. The van der Waals surface area contributed by atoms with Gasteiger partial charge >= 0.3 is 0 Å². The van der Waals surface area contributed by atoms with Gasteiger partial charge in [-0.2, -0.15) is 0 Å². The molecule has 0 amide bonds. The van der Waals surface area contributed by atoms with Crippen LogP contribution in [-0.2, 0) is 12.8 Å². The summed E-state index contributed by atoms with van der Waals surface area (Å²) in [6.45, 7) is 12.3. The molecule has 2 aromatic heterocycles. The molecule has 5 heteroatoms. The number of pyridine rings is 1. The Morgan fingerprint density at radius 2 is 2.03 bits per heavy atom. The predicted octanol–water partition coefficient (Wildman–Crippen LogP) is 6.50. The van der Waals surface area contributed by atoms with Gasteiger partial charge in [-0.05, 0) is 85.3 Å². The number of benzene rings is 1. The highest BCUT2D eigenvalue weighted by molar-refractivity contribution is 5.68. The molecule has 0 aliphatic carbocycles. The summed E-state index contributed by atoms with van der Waals surface area (Å²) in [7, 11) is 3.88. The van der Waals surface area contributed by atoms with Crippen LogP contribution in [0.3, 0.4) is 0 Å². The third kappa shape index (κ3) is 5.54. The number of nitrogens with zero attached hydrogens (tertiary/aromatic N) is 3. The summed E-state index contributed by atoms with van der Waals surface area (Å²) < 4.78 is 16.4. The van der Waals surface area contributed by atoms with Crippen molar-refractivity contribution in [2.75, 3.05) is 14.1 Å². The van der Waals surface area contributed by atoms with Crippen molar-refractivity contribution in [2.24, 2.45) is 0 Å². The van der Waals surface area contributed by atoms with E-state index in [1.54, 1.807) is 18.3 Å². The molecule has 0 saturated carbocycles. The van der Waals surface area contributed by atoms with Gasteiger partial charge in [0.05, 0.1) is 0 Å². The minimum atomic E-state index is -0.221. The van der Waals surface area contributed by atoms with E-state index in [9.17, 15) is 4.39 Å². The Kier molecular flexibility index (Phi) is 8.10. The lowest BCUT2D eigenvalue weighted by atomic mass is 9.95. The molecule has 2 heterocycles. The summed E-state index contributed by atoms with van der Waals surface area (Å²) in [6.07, 6.45) is 10.4. The lowest BCUT2D eigenvalue weighted by Crippen LogP contribution is -2.15. The maximum absolute atomic E-state index is 14.3. The van der Waals surface area contributed by atoms with Crippen LogP contribution in [-0.4, -0.2) is 28.4 Å². The number of hydrogen-bond acceptors (Lipinski definition) is 3. The first-order valence-corrected chi connectivity index (χ1v) is 11.6. The lowest BCUT2D eigenvalue weighted by Gasteiger charge is -2.22. The van der Waals surface area contributed by atoms with E-state index >= 15 is 0 Å². The lowest BCUT2D eigenvalue weighted by molar-refractivity contribution is 0.568. The molecule has 33 heavy (non-hydrogen) atoms. The summed E-state index contributed by atoms with van der Waals surface area (Å²) >= 11 is 0. The molecular formula is C28H35FN4. The molecule has 0 saturated heterocycles. The van der Waals surface area contributed by atoms with Gasteiger partial charge in [-0.1, -0.05) is 32.6 Å². The Morgan fingerprint density at radius 3 is 2.73 bits per heavy atom. The minimum absolute atomic E-state index is 0.221. The number of aromatic nitrogens is 2. The molecule has 174 valence electrons. The first-order valence-electron chi connectivity index (χ1n) is 11.6. The number of aryl methyl sites for hydroxylation is 2. The third-order valence-corrected chi connectivity index (χ3v) is 6.22. The zero-order valence-electron chi connectivity index (χ0n) is 20.3. The fraction of sp³-hybridized carbons (Fsp3) is 0.321. The second-order valence-electron chi connectivity index (χ2n) is 8.39. The quantitative estimate of drug-likeness (QED) is 0.341. The Balaban J connectivity index is 1.87. The van der Waals surface area contributed by atoms with E-state index in [4.69, 9.17) is 0 Å². The number of hydrogen-bond donors (Lipinski definition) is 1. The van der Waals surface area contributed by atoms with Crippen molar-refractivity contribution in [1.82, 2.24) is 19.6 Å². The number of halogens is 1. The minimum Gasteiger partial charge on any atom is -0.391 e. The van der Waals surface area contributed by atoms with Gasteiger partial charge in [-0.3, -0.25) is 0 Å². The third-order valence-electron chi connectivity index (χ3n) is 6.22. The molecule has 3 rings (SSSR count). The van der Waals surface area contributed by atoms with E-state index in [1.165, 1.54) is 11.3 Å². The molecule has 3 aromatic rings.